The maximum absolute atomic E-state index is 11.3. The summed E-state index contributed by atoms with van der Waals surface area (Å²) in [6.07, 6.45) is 0.139. The van der Waals surface area contributed by atoms with Crippen LogP contribution in [0, 0.1) is 5.92 Å². The van der Waals surface area contributed by atoms with E-state index in [0.717, 1.165) is 0 Å². The molecule has 2 unspecified atom stereocenters. The van der Waals surface area contributed by atoms with E-state index in [9.17, 15) is 9.90 Å². The molecule has 13 heavy (non-hydrogen) atoms. The van der Waals surface area contributed by atoms with E-state index in [4.69, 9.17) is 4.74 Å². The van der Waals surface area contributed by atoms with Crippen molar-refractivity contribution in [2.45, 2.75) is 32.4 Å². The van der Waals surface area contributed by atoms with Crippen molar-refractivity contribution in [1.29, 1.82) is 0 Å². The van der Waals surface area contributed by atoms with Crippen LogP contribution in [0.1, 0.15) is 20.3 Å². The van der Waals surface area contributed by atoms with E-state index in [-0.39, 0.29) is 17.9 Å². The molecule has 0 aliphatic carbocycles. The van der Waals surface area contributed by atoms with Crippen LogP contribution in [0.4, 0.5) is 0 Å². The fourth-order valence-corrected chi connectivity index (χ4v) is 1.21. The number of aliphatic hydroxyl groups excluding tert-OH is 1. The Labute approximate surface area is 78.3 Å². The minimum Gasteiger partial charge on any atom is -0.391 e. The predicted octanol–water partition coefficient (Wildman–Crippen LogP) is -0.0916. The average Bonchev–Trinajstić information content (AvgIpc) is 2.08. The Morgan fingerprint density at radius 2 is 2.31 bits per heavy atom. The van der Waals surface area contributed by atoms with E-state index in [0.29, 0.717) is 19.6 Å². The summed E-state index contributed by atoms with van der Waals surface area (Å²) < 4.78 is 5.16. The largest absolute Gasteiger partial charge is 0.391 e. The third-order valence-corrected chi connectivity index (χ3v) is 2.17. The molecule has 4 nitrogen and oxygen atoms in total. The van der Waals surface area contributed by atoms with Gasteiger partial charge in [-0.25, -0.2) is 0 Å². The molecule has 1 saturated heterocycles. The minimum atomic E-state index is -0.462. The Balaban J connectivity index is 2.38. The highest BCUT2D eigenvalue weighted by Gasteiger charge is 2.25. The minimum absolute atomic E-state index is 0.0328. The number of hydrogen-bond acceptors (Lipinski definition) is 3. The highest BCUT2D eigenvalue weighted by atomic mass is 16.5. The van der Waals surface area contributed by atoms with Gasteiger partial charge in [-0.15, -0.1) is 0 Å². The van der Waals surface area contributed by atoms with Gasteiger partial charge in [0.1, 0.15) is 0 Å². The molecule has 1 aliphatic heterocycles. The van der Waals surface area contributed by atoms with E-state index < -0.39 is 6.10 Å². The summed E-state index contributed by atoms with van der Waals surface area (Å²) in [7, 11) is 0. The number of carbonyl (C=O) groups excluding carboxylic acids is 1. The van der Waals surface area contributed by atoms with Crippen LogP contribution < -0.4 is 5.32 Å². The lowest BCUT2D eigenvalue weighted by Crippen LogP contribution is -2.50. The molecule has 1 heterocycles. The maximum atomic E-state index is 11.3. The van der Waals surface area contributed by atoms with Gasteiger partial charge in [0.2, 0.25) is 5.91 Å². The van der Waals surface area contributed by atoms with Crippen LogP contribution in [0.2, 0.25) is 0 Å². The van der Waals surface area contributed by atoms with Gasteiger partial charge in [-0.3, -0.25) is 4.79 Å². The molecule has 2 atom stereocenters. The summed E-state index contributed by atoms with van der Waals surface area (Å²) >= 11 is 0. The van der Waals surface area contributed by atoms with Gasteiger partial charge in [0.15, 0.2) is 0 Å². The van der Waals surface area contributed by atoms with E-state index >= 15 is 0 Å². The van der Waals surface area contributed by atoms with Crippen molar-refractivity contribution in [1.82, 2.24) is 5.32 Å². The standard InChI is InChI=1S/C9H17NO3/c1-6(2)9(12)10-7-5-13-4-3-8(7)11/h6-8,11H,3-5H2,1-2H3,(H,10,12). The van der Waals surface area contributed by atoms with E-state index in [1.165, 1.54) is 0 Å². The monoisotopic (exact) mass is 187 g/mol. The summed E-state index contributed by atoms with van der Waals surface area (Å²) in [5.41, 5.74) is 0. The van der Waals surface area contributed by atoms with Crippen LogP contribution in [-0.2, 0) is 9.53 Å². The SMILES string of the molecule is CC(C)C(=O)NC1COCCC1O. The lowest BCUT2D eigenvalue weighted by atomic mass is 10.1. The number of ether oxygens (including phenoxy) is 1. The van der Waals surface area contributed by atoms with Crippen molar-refractivity contribution in [3.63, 3.8) is 0 Å². The lowest BCUT2D eigenvalue weighted by Gasteiger charge is -2.28. The second-order valence-electron chi connectivity index (χ2n) is 3.70. The van der Waals surface area contributed by atoms with Crippen molar-refractivity contribution in [3.8, 4) is 0 Å². The Morgan fingerprint density at radius 3 is 2.85 bits per heavy atom. The van der Waals surface area contributed by atoms with E-state index in [1.54, 1.807) is 0 Å². The summed E-state index contributed by atoms with van der Waals surface area (Å²) in [6, 6.07) is -0.233. The van der Waals surface area contributed by atoms with Crippen LogP contribution in [0.15, 0.2) is 0 Å². The fraction of sp³-hybridized carbons (Fsp3) is 0.889. The molecule has 2 N–H and O–H groups in total. The molecule has 0 radical (unpaired) electrons. The molecule has 0 aromatic carbocycles. The molecule has 1 amide bonds. The quantitative estimate of drug-likeness (QED) is 0.635. The molecule has 0 saturated carbocycles. The van der Waals surface area contributed by atoms with Crippen molar-refractivity contribution in [3.05, 3.63) is 0 Å². The fourth-order valence-electron chi connectivity index (χ4n) is 1.21. The predicted molar refractivity (Wildman–Crippen MR) is 48.2 cm³/mol. The van der Waals surface area contributed by atoms with Crippen LogP contribution in [0.3, 0.4) is 0 Å². The molecule has 4 heteroatoms. The first-order chi connectivity index (χ1) is 6.11. The topological polar surface area (TPSA) is 58.6 Å². The second kappa shape index (κ2) is 4.58. The maximum Gasteiger partial charge on any atom is 0.222 e. The number of hydrogen-bond donors (Lipinski definition) is 2. The number of aliphatic hydroxyl groups is 1. The first kappa shape index (κ1) is 10.5. The zero-order valence-electron chi connectivity index (χ0n) is 8.12. The third-order valence-electron chi connectivity index (χ3n) is 2.17. The molecule has 0 spiro atoms. The first-order valence-electron chi connectivity index (χ1n) is 4.67. The summed E-state index contributed by atoms with van der Waals surface area (Å²) in [4.78, 5) is 11.3. The number of amides is 1. The van der Waals surface area contributed by atoms with Crippen LogP contribution in [-0.4, -0.2) is 36.4 Å². The van der Waals surface area contributed by atoms with Gasteiger partial charge >= 0.3 is 0 Å². The summed E-state index contributed by atoms with van der Waals surface area (Å²) in [6.45, 7) is 4.64. The number of rotatable bonds is 2. The molecule has 1 aliphatic rings. The number of carbonyl (C=O) groups is 1. The molecule has 1 rings (SSSR count). The van der Waals surface area contributed by atoms with Crippen molar-refractivity contribution >= 4 is 5.91 Å². The van der Waals surface area contributed by atoms with Gasteiger partial charge in [-0.2, -0.15) is 0 Å². The van der Waals surface area contributed by atoms with Crippen LogP contribution in [0.25, 0.3) is 0 Å². The molecule has 76 valence electrons. The molecule has 0 aromatic rings. The van der Waals surface area contributed by atoms with Gasteiger partial charge in [0.05, 0.1) is 18.8 Å². The third kappa shape index (κ3) is 2.97. The molecular weight excluding hydrogens is 170 g/mol. The Hall–Kier alpha value is -0.610. The zero-order valence-corrected chi connectivity index (χ0v) is 8.12. The van der Waals surface area contributed by atoms with Crippen molar-refractivity contribution in [2.75, 3.05) is 13.2 Å². The van der Waals surface area contributed by atoms with Crippen LogP contribution in [0.5, 0.6) is 0 Å². The lowest BCUT2D eigenvalue weighted by molar-refractivity contribution is -0.127. The van der Waals surface area contributed by atoms with Gasteiger partial charge in [-0.1, -0.05) is 13.8 Å². The number of nitrogens with one attached hydrogen (secondary N) is 1. The normalized spacial score (nSPS) is 28.9. The van der Waals surface area contributed by atoms with Crippen molar-refractivity contribution in [2.24, 2.45) is 5.92 Å². The average molecular weight is 187 g/mol. The zero-order chi connectivity index (χ0) is 9.84. The molecule has 0 aromatic heterocycles. The van der Waals surface area contributed by atoms with Gasteiger partial charge in [0.25, 0.3) is 0 Å². The van der Waals surface area contributed by atoms with E-state index in [2.05, 4.69) is 5.32 Å². The highest BCUT2D eigenvalue weighted by molar-refractivity contribution is 5.78. The molecule has 1 fully saturated rings. The first-order valence-corrected chi connectivity index (χ1v) is 4.67. The van der Waals surface area contributed by atoms with Crippen LogP contribution >= 0.6 is 0 Å². The summed E-state index contributed by atoms with van der Waals surface area (Å²) in [5.74, 6) is -0.0799. The van der Waals surface area contributed by atoms with Gasteiger partial charge in [-0.05, 0) is 6.42 Å². The molecular formula is C9H17NO3. The Kier molecular flexibility index (Phi) is 3.69. The van der Waals surface area contributed by atoms with Crippen molar-refractivity contribution < 1.29 is 14.6 Å². The Bertz CT molecular complexity index is 182. The second-order valence-corrected chi connectivity index (χ2v) is 3.70. The van der Waals surface area contributed by atoms with E-state index in [1.807, 2.05) is 13.8 Å². The smallest absolute Gasteiger partial charge is 0.222 e. The summed E-state index contributed by atoms with van der Waals surface area (Å²) in [5, 5.41) is 12.3. The van der Waals surface area contributed by atoms with Gasteiger partial charge in [0, 0.05) is 12.5 Å². The highest BCUT2D eigenvalue weighted by Crippen LogP contribution is 2.08. The molecule has 0 bridgehead atoms. The Morgan fingerprint density at radius 1 is 1.62 bits per heavy atom. The van der Waals surface area contributed by atoms with Gasteiger partial charge < -0.3 is 15.2 Å².